The van der Waals surface area contributed by atoms with E-state index in [1.54, 1.807) is 6.07 Å². The zero-order chi connectivity index (χ0) is 15.8. The molecule has 0 aliphatic rings. The first-order chi connectivity index (χ1) is 9.59. The lowest BCUT2D eigenvalue weighted by atomic mass is 10.1. The fraction of sp³-hybridized carbons (Fsp3) is 0.167. The normalized spacial score (nSPS) is 12.4. The average Bonchev–Trinajstić information content (AvgIpc) is 2.77. The van der Waals surface area contributed by atoms with Gasteiger partial charge in [-0.3, -0.25) is 4.72 Å². The maximum atomic E-state index is 12.8. The van der Waals surface area contributed by atoms with Gasteiger partial charge < -0.3 is 0 Å². The Hall–Kier alpha value is -1.06. The maximum absolute atomic E-state index is 12.8. The Morgan fingerprint density at radius 1 is 1.19 bits per heavy atom. The van der Waals surface area contributed by atoms with Crippen LogP contribution >= 0.6 is 27.3 Å². The van der Waals surface area contributed by atoms with Crippen LogP contribution in [0.25, 0.3) is 0 Å². The molecule has 0 atom stereocenters. The Kier molecular flexibility index (Phi) is 4.36. The number of halogens is 4. The van der Waals surface area contributed by atoms with Crippen molar-refractivity contribution in [3.05, 3.63) is 45.2 Å². The maximum Gasteiger partial charge on any atom is 0.416 e. The second-order valence-corrected chi connectivity index (χ2v) is 8.56. The number of thiophene rings is 1. The minimum absolute atomic E-state index is 0.0171. The van der Waals surface area contributed by atoms with E-state index in [1.807, 2.05) is 0 Å². The van der Waals surface area contributed by atoms with Crippen molar-refractivity contribution in [3.8, 4) is 0 Å². The van der Waals surface area contributed by atoms with Crippen LogP contribution in [0.4, 0.5) is 18.9 Å². The van der Waals surface area contributed by atoms with Gasteiger partial charge in [-0.05, 0) is 52.7 Å². The topological polar surface area (TPSA) is 46.2 Å². The molecule has 1 heterocycles. The molecule has 0 aliphatic heterocycles. The van der Waals surface area contributed by atoms with Gasteiger partial charge in [0.1, 0.15) is 4.21 Å². The molecule has 0 saturated heterocycles. The predicted octanol–water partition coefficient (Wildman–Crippen LogP) is 4.64. The summed E-state index contributed by atoms with van der Waals surface area (Å²) >= 11 is 4.11. The highest BCUT2D eigenvalue weighted by Crippen LogP contribution is 2.34. The second-order valence-electron chi connectivity index (χ2n) is 4.19. The number of hydrogen-bond acceptors (Lipinski definition) is 3. The van der Waals surface area contributed by atoms with Crippen molar-refractivity contribution in [1.82, 2.24) is 0 Å². The van der Waals surface area contributed by atoms with Crippen LogP contribution < -0.4 is 4.72 Å². The molecule has 2 rings (SSSR count). The third-order valence-electron chi connectivity index (χ3n) is 2.61. The third kappa shape index (κ3) is 3.78. The van der Waals surface area contributed by atoms with Gasteiger partial charge in [0.25, 0.3) is 10.0 Å². The summed E-state index contributed by atoms with van der Waals surface area (Å²) in [6.07, 6.45) is -4.53. The number of aryl methyl sites for hydroxylation is 1. The number of alkyl halides is 3. The lowest BCUT2D eigenvalue weighted by Gasteiger charge is -2.13. The van der Waals surface area contributed by atoms with E-state index < -0.39 is 21.8 Å². The van der Waals surface area contributed by atoms with Gasteiger partial charge in [-0.25, -0.2) is 8.42 Å². The number of anilines is 1. The van der Waals surface area contributed by atoms with Crippen molar-refractivity contribution in [3.63, 3.8) is 0 Å². The molecular formula is C12H9BrF3NO2S2. The molecule has 0 unspecified atom stereocenters. The molecule has 0 radical (unpaired) electrons. The van der Waals surface area contributed by atoms with Crippen LogP contribution in [-0.2, 0) is 16.2 Å². The van der Waals surface area contributed by atoms with Crippen molar-refractivity contribution < 1.29 is 21.6 Å². The summed E-state index contributed by atoms with van der Waals surface area (Å²) in [5.74, 6) is 0. The van der Waals surface area contributed by atoms with E-state index in [1.165, 1.54) is 25.1 Å². The van der Waals surface area contributed by atoms with Gasteiger partial charge in [-0.2, -0.15) is 13.2 Å². The Morgan fingerprint density at radius 2 is 1.86 bits per heavy atom. The Balaban J connectivity index is 2.36. The van der Waals surface area contributed by atoms with Gasteiger partial charge in [-0.1, -0.05) is 6.07 Å². The van der Waals surface area contributed by atoms with E-state index in [0.29, 0.717) is 3.79 Å². The fourth-order valence-corrected chi connectivity index (χ4v) is 4.70. The molecule has 114 valence electrons. The number of nitrogens with one attached hydrogen (secondary N) is 1. The van der Waals surface area contributed by atoms with E-state index in [2.05, 4.69) is 20.7 Å². The molecule has 0 bridgehead atoms. The van der Waals surface area contributed by atoms with Gasteiger partial charge in [0, 0.05) is 5.69 Å². The first-order valence-corrected chi connectivity index (χ1v) is 8.65. The average molecular weight is 400 g/mol. The Morgan fingerprint density at radius 3 is 2.38 bits per heavy atom. The van der Waals surface area contributed by atoms with Gasteiger partial charge in [0.05, 0.1) is 9.35 Å². The molecule has 0 aliphatic carbocycles. The highest BCUT2D eigenvalue weighted by atomic mass is 79.9. The molecule has 3 nitrogen and oxygen atoms in total. The van der Waals surface area contributed by atoms with E-state index in [4.69, 9.17) is 0 Å². The molecule has 1 aromatic heterocycles. The summed E-state index contributed by atoms with van der Waals surface area (Å²) in [6, 6.07) is 6.23. The summed E-state index contributed by atoms with van der Waals surface area (Å²) < 4.78 is 65.3. The molecule has 0 saturated carbocycles. The third-order valence-corrected chi connectivity index (χ3v) is 6.11. The predicted molar refractivity (Wildman–Crippen MR) is 79.0 cm³/mol. The lowest BCUT2D eigenvalue weighted by molar-refractivity contribution is -0.138. The molecule has 2 aromatic rings. The van der Waals surface area contributed by atoms with E-state index >= 15 is 0 Å². The highest BCUT2D eigenvalue weighted by molar-refractivity contribution is 9.11. The monoisotopic (exact) mass is 399 g/mol. The zero-order valence-electron chi connectivity index (χ0n) is 10.5. The Bertz CT molecular complexity index is 769. The van der Waals surface area contributed by atoms with E-state index in [0.717, 1.165) is 17.4 Å². The number of sulfonamides is 1. The number of benzene rings is 1. The second kappa shape index (κ2) is 5.62. The SMILES string of the molecule is Cc1ccc(NS(=O)(=O)c2ccc(Br)s2)cc1C(F)(F)F. The summed E-state index contributed by atoms with van der Waals surface area (Å²) in [5, 5.41) is 0. The van der Waals surface area contributed by atoms with Crippen LogP contribution in [0.2, 0.25) is 0 Å². The minimum Gasteiger partial charge on any atom is -0.279 e. The van der Waals surface area contributed by atoms with Crippen LogP contribution in [0.5, 0.6) is 0 Å². The summed E-state index contributed by atoms with van der Waals surface area (Å²) in [4.78, 5) is 0. The van der Waals surface area contributed by atoms with Crippen molar-refractivity contribution in [2.45, 2.75) is 17.3 Å². The van der Waals surface area contributed by atoms with Crippen LogP contribution in [-0.4, -0.2) is 8.42 Å². The standard InChI is InChI=1S/C12H9BrF3NO2S2/c1-7-2-3-8(6-9(7)12(14,15)16)17-21(18,19)11-5-4-10(13)20-11/h2-6,17H,1H3. The summed E-state index contributed by atoms with van der Waals surface area (Å²) in [5.41, 5.74) is -0.961. The van der Waals surface area contributed by atoms with Gasteiger partial charge in [0.15, 0.2) is 0 Å². The van der Waals surface area contributed by atoms with Gasteiger partial charge in [-0.15, -0.1) is 11.3 Å². The quantitative estimate of drug-likeness (QED) is 0.816. The van der Waals surface area contributed by atoms with E-state index in [9.17, 15) is 21.6 Å². The zero-order valence-corrected chi connectivity index (χ0v) is 13.8. The lowest BCUT2D eigenvalue weighted by Crippen LogP contribution is -2.13. The number of rotatable bonds is 3. The molecule has 1 aromatic carbocycles. The van der Waals surface area contributed by atoms with Crippen LogP contribution in [0.15, 0.2) is 38.3 Å². The van der Waals surface area contributed by atoms with Crippen molar-refractivity contribution in [2.24, 2.45) is 0 Å². The fourth-order valence-electron chi connectivity index (χ4n) is 1.64. The van der Waals surface area contributed by atoms with E-state index in [-0.39, 0.29) is 15.5 Å². The smallest absolute Gasteiger partial charge is 0.279 e. The Labute approximate surface area is 132 Å². The van der Waals surface area contributed by atoms with Gasteiger partial charge >= 0.3 is 6.18 Å². The molecule has 1 N–H and O–H groups in total. The van der Waals surface area contributed by atoms with Crippen molar-refractivity contribution in [2.75, 3.05) is 4.72 Å². The van der Waals surface area contributed by atoms with Crippen LogP contribution in [0.1, 0.15) is 11.1 Å². The largest absolute Gasteiger partial charge is 0.416 e. The molecule has 0 fully saturated rings. The van der Waals surface area contributed by atoms with Gasteiger partial charge in [0.2, 0.25) is 0 Å². The molecule has 0 spiro atoms. The summed E-state index contributed by atoms with van der Waals surface area (Å²) in [6.45, 7) is 1.32. The molecule has 9 heteroatoms. The van der Waals surface area contributed by atoms with Crippen molar-refractivity contribution >= 4 is 43.0 Å². The van der Waals surface area contributed by atoms with Crippen molar-refractivity contribution in [1.29, 1.82) is 0 Å². The molecule has 21 heavy (non-hydrogen) atoms. The minimum atomic E-state index is -4.53. The van der Waals surface area contributed by atoms with Crippen LogP contribution in [0, 0.1) is 6.92 Å². The van der Waals surface area contributed by atoms with Crippen LogP contribution in [0.3, 0.4) is 0 Å². The summed E-state index contributed by atoms with van der Waals surface area (Å²) in [7, 11) is -3.90. The highest BCUT2D eigenvalue weighted by Gasteiger charge is 2.32. The number of hydrogen-bond donors (Lipinski definition) is 1. The molecule has 0 amide bonds. The molecular weight excluding hydrogens is 391 g/mol. The first kappa shape index (κ1) is 16.3. The first-order valence-electron chi connectivity index (χ1n) is 5.55.